The second kappa shape index (κ2) is 5.50. The molecular weight excluding hydrogens is 202 g/mol. The largest absolute Gasteiger partial charge is 0.394 e. The molecule has 0 fully saturated rings. The quantitative estimate of drug-likeness (QED) is 0.786. The standard InChI is InChI=1S/C12H17N3O/c1-9(8-16)15(2)12-4-3-10(6-13)5-11(12)7-14/h3-5,9,16H,6,8,13H2,1-2H3. The van der Waals surface area contributed by atoms with Gasteiger partial charge in [-0.1, -0.05) is 6.07 Å². The van der Waals surface area contributed by atoms with Gasteiger partial charge in [0.1, 0.15) is 6.07 Å². The second-order valence-electron chi connectivity index (χ2n) is 3.81. The molecule has 0 spiro atoms. The monoisotopic (exact) mass is 219 g/mol. The highest BCUT2D eigenvalue weighted by Crippen LogP contribution is 2.21. The fourth-order valence-corrected chi connectivity index (χ4v) is 1.47. The molecule has 1 atom stereocenters. The first-order chi connectivity index (χ1) is 7.63. The van der Waals surface area contributed by atoms with Crippen molar-refractivity contribution in [3.8, 4) is 6.07 Å². The lowest BCUT2D eigenvalue weighted by molar-refractivity contribution is 0.270. The van der Waals surface area contributed by atoms with Crippen molar-refractivity contribution < 1.29 is 5.11 Å². The number of hydrogen-bond donors (Lipinski definition) is 2. The Morgan fingerprint density at radius 3 is 2.75 bits per heavy atom. The fourth-order valence-electron chi connectivity index (χ4n) is 1.47. The fraction of sp³-hybridized carbons (Fsp3) is 0.417. The third-order valence-electron chi connectivity index (χ3n) is 2.72. The summed E-state index contributed by atoms with van der Waals surface area (Å²) in [4.78, 5) is 1.89. The normalized spacial score (nSPS) is 11.9. The van der Waals surface area contributed by atoms with Crippen LogP contribution in [-0.4, -0.2) is 24.8 Å². The number of aliphatic hydroxyl groups excluding tert-OH is 1. The number of nitrogens with zero attached hydrogens (tertiary/aromatic N) is 2. The SMILES string of the molecule is CC(CO)N(C)c1ccc(CN)cc1C#N. The summed E-state index contributed by atoms with van der Waals surface area (Å²) in [6.07, 6.45) is 0. The minimum Gasteiger partial charge on any atom is -0.394 e. The summed E-state index contributed by atoms with van der Waals surface area (Å²) >= 11 is 0. The van der Waals surface area contributed by atoms with Crippen LogP contribution in [-0.2, 0) is 6.54 Å². The summed E-state index contributed by atoms with van der Waals surface area (Å²) in [7, 11) is 1.86. The van der Waals surface area contributed by atoms with Gasteiger partial charge in [-0.25, -0.2) is 0 Å². The van der Waals surface area contributed by atoms with Crippen molar-refractivity contribution in [2.24, 2.45) is 5.73 Å². The van der Waals surface area contributed by atoms with Crippen molar-refractivity contribution >= 4 is 5.69 Å². The summed E-state index contributed by atoms with van der Waals surface area (Å²) in [6, 6.07) is 7.69. The van der Waals surface area contributed by atoms with Gasteiger partial charge in [0.05, 0.1) is 17.9 Å². The van der Waals surface area contributed by atoms with Gasteiger partial charge in [-0.3, -0.25) is 0 Å². The van der Waals surface area contributed by atoms with Crippen molar-refractivity contribution in [1.29, 1.82) is 5.26 Å². The van der Waals surface area contributed by atoms with E-state index in [0.29, 0.717) is 12.1 Å². The maximum Gasteiger partial charge on any atom is 0.101 e. The molecule has 16 heavy (non-hydrogen) atoms. The number of anilines is 1. The van der Waals surface area contributed by atoms with Crippen LogP contribution >= 0.6 is 0 Å². The predicted molar refractivity (Wildman–Crippen MR) is 64.0 cm³/mol. The van der Waals surface area contributed by atoms with Crippen LogP contribution in [0.5, 0.6) is 0 Å². The van der Waals surface area contributed by atoms with E-state index >= 15 is 0 Å². The van der Waals surface area contributed by atoms with E-state index in [0.717, 1.165) is 11.3 Å². The van der Waals surface area contributed by atoms with Crippen molar-refractivity contribution in [2.45, 2.75) is 19.5 Å². The number of benzene rings is 1. The van der Waals surface area contributed by atoms with E-state index in [2.05, 4.69) is 6.07 Å². The first-order valence-corrected chi connectivity index (χ1v) is 5.20. The van der Waals surface area contributed by atoms with Gasteiger partial charge in [0, 0.05) is 19.6 Å². The highest BCUT2D eigenvalue weighted by atomic mass is 16.3. The Kier molecular flexibility index (Phi) is 4.29. The zero-order chi connectivity index (χ0) is 12.1. The average Bonchev–Trinajstić information content (AvgIpc) is 2.35. The van der Waals surface area contributed by atoms with Crippen LogP contribution in [0.25, 0.3) is 0 Å². The van der Waals surface area contributed by atoms with E-state index in [9.17, 15) is 0 Å². The summed E-state index contributed by atoms with van der Waals surface area (Å²) < 4.78 is 0. The third-order valence-corrected chi connectivity index (χ3v) is 2.72. The molecule has 0 radical (unpaired) electrons. The van der Waals surface area contributed by atoms with Crippen molar-refractivity contribution in [3.63, 3.8) is 0 Å². The van der Waals surface area contributed by atoms with Gasteiger partial charge in [0.15, 0.2) is 0 Å². The molecule has 1 aromatic rings. The van der Waals surface area contributed by atoms with E-state index in [4.69, 9.17) is 16.1 Å². The minimum atomic E-state index is -0.0178. The molecule has 1 unspecified atom stereocenters. The van der Waals surface area contributed by atoms with E-state index < -0.39 is 0 Å². The molecule has 0 bridgehead atoms. The van der Waals surface area contributed by atoms with Gasteiger partial charge < -0.3 is 15.7 Å². The van der Waals surface area contributed by atoms with Crippen LogP contribution in [0.2, 0.25) is 0 Å². The molecule has 0 amide bonds. The molecule has 1 aromatic carbocycles. The van der Waals surface area contributed by atoms with Crippen LogP contribution < -0.4 is 10.6 Å². The maximum atomic E-state index is 9.09. The predicted octanol–water partition coefficient (Wildman–Crippen LogP) is 0.834. The number of hydrogen-bond acceptors (Lipinski definition) is 4. The molecule has 0 aliphatic rings. The number of nitriles is 1. The van der Waals surface area contributed by atoms with E-state index in [-0.39, 0.29) is 12.6 Å². The third kappa shape index (κ3) is 2.51. The minimum absolute atomic E-state index is 0.0178. The summed E-state index contributed by atoms with van der Waals surface area (Å²) in [5, 5.41) is 18.1. The Morgan fingerprint density at radius 1 is 1.56 bits per heavy atom. The molecule has 0 aliphatic heterocycles. The summed E-state index contributed by atoms with van der Waals surface area (Å²) in [5.74, 6) is 0. The van der Waals surface area contributed by atoms with Crippen molar-refractivity contribution in [2.75, 3.05) is 18.6 Å². The zero-order valence-electron chi connectivity index (χ0n) is 9.64. The molecular formula is C12H17N3O. The Balaban J connectivity index is 3.09. The topological polar surface area (TPSA) is 73.3 Å². The Labute approximate surface area is 95.9 Å². The molecule has 0 saturated heterocycles. The Hall–Kier alpha value is -1.57. The van der Waals surface area contributed by atoms with Crippen molar-refractivity contribution in [3.05, 3.63) is 29.3 Å². The lowest BCUT2D eigenvalue weighted by atomic mass is 10.1. The van der Waals surface area contributed by atoms with Crippen LogP contribution in [0.4, 0.5) is 5.69 Å². The van der Waals surface area contributed by atoms with Gasteiger partial charge in [0.25, 0.3) is 0 Å². The van der Waals surface area contributed by atoms with Gasteiger partial charge in [0.2, 0.25) is 0 Å². The van der Waals surface area contributed by atoms with Gasteiger partial charge >= 0.3 is 0 Å². The van der Waals surface area contributed by atoms with Gasteiger partial charge in [-0.15, -0.1) is 0 Å². The lowest BCUT2D eigenvalue weighted by Crippen LogP contribution is -2.32. The van der Waals surface area contributed by atoms with Crippen LogP contribution in [0.15, 0.2) is 18.2 Å². The number of aliphatic hydroxyl groups is 1. The molecule has 0 heterocycles. The van der Waals surface area contributed by atoms with Gasteiger partial charge in [-0.2, -0.15) is 5.26 Å². The number of nitrogens with two attached hydrogens (primary N) is 1. The zero-order valence-corrected chi connectivity index (χ0v) is 9.64. The molecule has 0 saturated carbocycles. The molecule has 0 aromatic heterocycles. The molecule has 3 N–H and O–H groups in total. The Bertz CT molecular complexity index is 398. The first-order valence-electron chi connectivity index (χ1n) is 5.20. The van der Waals surface area contributed by atoms with Crippen LogP contribution in [0.1, 0.15) is 18.1 Å². The average molecular weight is 219 g/mol. The maximum absolute atomic E-state index is 9.09. The highest BCUT2D eigenvalue weighted by Gasteiger charge is 2.12. The molecule has 0 aliphatic carbocycles. The van der Waals surface area contributed by atoms with Crippen molar-refractivity contribution in [1.82, 2.24) is 0 Å². The number of likely N-dealkylation sites (N-methyl/N-ethyl adjacent to an activating group) is 1. The van der Waals surface area contributed by atoms with Crippen LogP contribution in [0, 0.1) is 11.3 Å². The summed E-state index contributed by atoms with van der Waals surface area (Å²) in [6.45, 7) is 2.38. The van der Waals surface area contributed by atoms with Crippen LogP contribution in [0.3, 0.4) is 0 Å². The molecule has 1 rings (SSSR count). The highest BCUT2D eigenvalue weighted by molar-refractivity contribution is 5.60. The first kappa shape index (κ1) is 12.5. The molecule has 86 valence electrons. The van der Waals surface area contributed by atoms with E-state index in [1.165, 1.54) is 0 Å². The van der Waals surface area contributed by atoms with Gasteiger partial charge in [-0.05, 0) is 24.6 Å². The smallest absolute Gasteiger partial charge is 0.101 e. The Morgan fingerprint density at radius 2 is 2.25 bits per heavy atom. The number of rotatable bonds is 4. The summed E-state index contributed by atoms with van der Waals surface area (Å²) in [5.41, 5.74) is 7.87. The lowest BCUT2D eigenvalue weighted by Gasteiger charge is -2.26. The molecule has 4 heteroatoms. The second-order valence-corrected chi connectivity index (χ2v) is 3.81. The molecule has 4 nitrogen and oxygen atoms in total. The van der Waals surface area contributed by atoms with E-state index in [1.54, 1.807) is 6.07 Å². The van der Waals surface area contributed by atoms with E-state index in [1.807, 2.05) is 31.0 Å².